The summed E-state index contributed by atoms with van der Waals surface area (Å²) in [6.07, 6.45) is 0. The van der Waals surface area contributed by atoms with Gasteiger partial charge in [-0.05, 0) is 28.6 Å². The van der Waals surface area contributed by atoms with Gasteiger partial charge in [-0.1, -0.05) is 48.5 Å². The average Bonchev–Trinajstić information content (AvgIpc) is 2.60. The van der Waals surface area contributed by atoms with Gasteiger partial charge in [0.15, 0.2) is 5.76 Å². The number of methoxy groups -OCH3 is 1. The summed E-state index contributed by atoms with van der Waals surface area (Å²) < 4.78 is 5.17. The Balaban J connectivity index is 2.03. The molecule has 0 amide bonds. The molecule has 3 aromatic rings. The predicted molar refractivity (Wildman–Crippen MR) is 89.9 cm³/mol. The molecule has 0 bridgehead atoms. The van der Waals surface area contributed by atoms with Crippen LogP contribution in [0.1, 0.15) is 21.5 Å². The number of ketones is 1. The Kier molecular flexibility index (Phi) is 2.95. The molecule has 0 aromatic heterocycles. The van der Waals surface area contributed by atoms with E-state index in [2.05, 4.69) is 0 Å². The lowest BCUT2D eigenvalue weighted by Crippen LogP contribution is -2.13. The topological polar surface area (TPSA) is 46.5 Å². The SMILES string of the molecule is COc1ccc(C2=C(O)C(=O)c3cccc4cccc2c34)cc1. The molecule has 0 unspecified atom stereocenters. The van der Waals surface area contributed by atoms with Crippen LogP contribution in [0.4, 0.5) is 0 Å². The first kappa shape index (κ1) is 13.6. The van der Waals surface area contributed by atoms with E-state index in [-0.39, 0.29) is 11.5 Å². The van der Waals surface area contributed by atoms with Crippen molar-refractivity contribution in [1.82, 2.24) is 0 Å². The normalized spacial score (nSPS) is 13.5. The second-order valence-electron chi connectivity index (χ2n) is 5.49. The highest BCUT2D eigenvalue weighted by molar-refractivity contribution is 6.25. The van der Waals surface area contributed by atoms with Crippen LogP contribution >= 0.6 is 0 Å². The molecule has 0 aliphatic heterocycles. The average molecular weight is 302 g/mol. The highest BCUT2D eigenvalue weighted by Gasteiger charge is 2.28. The van der Waals surface area contributed by atoms with Gasteiger partial charge in [0.1, 0.15) is 5.75 Å². The van der Waals surface area contributed by atoms with E-state index in [1.807, 2.05) is 54.6 Å². The Bertz CT molecular complexity index is 961. The fraction of sp³-hybridized carbons (Fsp3) is 0.0500. The zero-order chi connectivity index (χ0) is 16.0. The van der Waals surface area contributed by atoms with Gasteiger partial charge in [-0.2, -0.15) is 0 Å². The van der Waals surface area contributed by atoms with E-state index >= 15 is 0 Å². The number of Topliss-reactive ketones (excluding diaryl/α,β-unsaturated/α-hetero) is 1. The molecule has 3 heteroatoms. The lowest BCUT2D eigenvalue weighted by molar-refractivity contribution is 0.0980. The molecule has 4 rings (SSSR count). The van der Waals surface area contributed by atoms with E-state index in [1.165, 1.54) is 0 Å². The molecule has 1 aliphatic carbocycles. The molecule has 0 atom stereocenters. The van der Waals surface area contributed by atoms with E-state index in [1.54, 1.807) is 13.2 Å². The van der Waals surface area contributed by atoms with Crippen molar-refractivity contribution in [2.45, 2.75) is 0 Å². The molecule has 0 fully saturated rings. The molecular formula is C20H14O3. The van der Waals surface area contributed by atoms with Crippen molar-refractivity contribution < 1.29 is 14.6 Å². The molecule has 3 aromatic carbocycles. The fourth-order valence-electron chi connectivity index (χ4n) is 3.16. The number of hydrogen-bond acceptors (Lipinski definition) is 3. The molecule has 0 saturated carbocycles. The Hall–Kier alpha value is -3.07. The van der Waals surface area contributed by atoms with Crippen molar-refractivity contribution in [1.29, 1.82) is 0 Å². The molecule has 0 saturated heterocycles. The van der Waals surface area contributed by atoms with Crippen LogP contribution in [0.5, 0.6) is 5.75 Å². The number of hydrogen-bond donors (Lipinski definition) is 1. The van der Waals surface area contributed by atoms with Crippen molar-refractivity contribution in [2.75, 3.05) is 7.11 Å². The largest absolute Gasteiger partial charge is 0.504 e. The summed E-state index contributed by atoms with van der Waals surface area (Å²) in [6, 6.07) is 18.8. The first-order valence-electron chi connectivity index (χ1n) is 7.35. The summed E-state index contributed by atoms with van der Waals surface area (Å²) in [5.41, 5.74) is 2.79. The van der Waals surface area contributed by atoms with Crippen LogP contribution in [-0.2, 0) is 0 Å². The molecule has 1 aliphatic rings. The number of aliphatic hydroxyl groups excluding tert-OH is 1. The summed E-state index contributed by atoms with van der Waals surface area (Å²) in [5.74, 6) is 0.191. The van der Waals surface area contributed by atoms with Gasteiger partial charge in [0, 0.05) is 16.5 Å². The maximum absolute atomic E-state index is 12.6. The Morgan fingerprint density at radius 3 is 2.17 bits per heavy atom. The van der Waals surface area contributed by atoms with E-state index in [0.29, 0.717) is 11.1 Å². The van der Waals surface area contributed by atoms with Crippen LogP contribution in [0, 0.1) is 0 Å². The van der Waals surface area contributed by atoms with Crippen molar-refractivity contribution in [3.8, 4) is 5.75 Å². The van der Waals surface area contributed by atoms with E-state index in [4.69, 9.17) is 4.74 Å². The van der Waals surface area contributed by atoms with Gasteiger partial charge < -0.3 is 9.84 Å². The van der Waals surface area contributed by atoms with Crippen molar-refractivity contribution >= 4 is 22.1 Å². The van der Waals surface area contributed by atoms with Crippen molar-refractivity contribution in [3.63, 3.8) is 0 Å². The number of ether oxygens (including phenoxy) is 1. The number of rotatable bonds is 2. The molecule has 3 nitrogen and oxygen atoms in total. The zero-order valence-electron chi connectivity index (χ0n) is 12.5. The second-order valence-corrected chi connectivity index (χ2v) is 5.49. The number of carbonyl (C=O) groups excluding carboxylic acids is 1. The maximum Gasteiger partial charge on any atom is 0.228 e. The lowest BCUT2D eigenvalue weighted by atomic mass is 9.83. The number of aliphatic hydroxyl groups is 1. The Labute approximate surface area is 133 Å². The van der Waals surface area contributed by atoms with E-state index in [0.717, 1.165) is 27.6 Å². The third kappa shape index (κ3) is 1.94. The number of allylic oxidation sites excluding steroid dienone is 1. The fourth-order valence-corrected chi connectivity index (χ4v) is 3.16. The van der Waals surface area contributed by atoms with Crippen molar-refractivity contribution in [2.24, 2.45) is 0 Å². The van der Waals surface area contributed by atoms with Crippen molar-refractivity contribution in [3.05, 3.63) is 83.1 Å². The van der Waals surface area contributed by atoms with Gasteiger partial charge in [-0.15, -0.1) is 0 Å². The molecule has 0 spiro atoms. The molecule has 23 heavy (non-hydrogen) atoms. The summed E-state index contributed by atoms with van der Waals surface area (Å²) >= 11 is 0. The monoisotopic (exact) mass is 302 g/mol. The third-order valence-corrected chi connectivity index (χ3v) is 4.25. The van der Waals surface area contributed by atoms with E-state index in [9.17, 15) is 9.90 Å². The first-order chi connectivity index (χ1) is 11.2. The minimum atomic E-state index is -0.333. The quantitative estimate of drug-likeness (QED) is 0.765. The molecule has 1 N–H and O–H groups in total. The van der Waals surface area contributed by atoms with Crippen LogP contribution in [0.15, 0.2) is 66.4 Å². The number of benzene rings is 3. The summed E-state index contributed by atoms with van der Waals surface area (Å²) in [6.45, 7) is 0. The van der Waals surface area contributed by atoms with Gasteiger partial charge in [-0.25, -0.2) is 0 Å². The van der Waals surface area contributed by atoms with Gasteiger partial charge >= 0.3 is 0 Å². The minimum Gasteiger partial charge on any atom is -0.504 e. The highest BCUT2D eigenvalue weighted by atomic mass is 16.5. The van der Waals surface area contributed by atoms with E-state index < -0.39 is 0 Å². The van der Waals surface area contributed by atoms with Crippen LogP contribution in [0.3, 0.4) is 0 Å². The second kappa shape index (κ2) is 4.99. The van der Waals surface area contributed by atoms with Crippen LogP contribution in [0.2, 0.25) is 0 Å². The van der Waals surface area contributed by atoms with Gasteiger partial charge in [0.05, 0.1) is 7.11 Å². The van der Waals surface area contributed by atoms with Gasteiger partial charge in [0.2, 0.25) is 5.78 Å². The standard InChI is InChI=1S/C20H14O3/c1-23-14-10-8-13(9-11-14)18-15-6-2-4-12-5-3-7-16(17(12)15)19(21)20(18)22/h2-11,22H,1H3. The third-order valence-electron chi connectivity index (χ3n) is 4.25. The molecule has 112 valence electrons. The zero-order valence-corrected chi connectivity index (χ0v) is 12.5. The molecule has 0 radical (unpaired) electrons. The van der Waals surface area contributed by atoms with Crippen LogP contribution < -0.4 is 4.74 Å². The Morgan fingerprint density at radius 1 is 0.870 bits per heavy atom. The molecular weight excluding hydrogens is 288 g/mol. The van der Waals surface area contributed by atoms with Crippen LogP contribution in [-0.4, -0.2) is 18.0 Å². The van der Waals surface area contributed by atoms with Gasteiger partial charge in [-0.3, -0.25) is 4.79 Å². The summed E-state index contributed by atoms with van der Waals surface area (Å²) in [5, 5.41) is 12.4. The Morgan fingerprint density at radius 2 is 1.52 bits per heavy atom. The minimum absolute atomic E-state index is 0.207. The van der Waals surface area contributed by atoms with Crippen LogP contribution in [0.25, 0.3) is 16.3 Å². The lowest BCUT2D eigenvalue weighted by Gasteiger charge is -2.20. The summed E-state index contributed by atoms with van der Waals surface area (Å²) in [4.78, 5) is 12.6. The highest BCUT2D eigenvalue weighted by Crippen LogP contribution is 2.39. The smallest absolute Gasteiger partial charge is 0.228 e. The molecule has 0 heterocycles. The number of carbonyl (C=O) groups is 1. The first-order valence-corrected chi connectivity index (χ1v) is 7.35. The maximum atomic E-state index is 12.6. The predicted octanol–water partition coefficient (Wildman–Crippen LogP) is 4.36. The van der Waals surface area contributed by atoms with Gasteiger partial charge in [0.25, 0.3) is 0 Å². The summed E-state index contributed by atoms with van der Waals surface area (Å²) in [7, 11) is 1.60.